The van der Waals surface area contributed by atoms with E-state index in [9.17, 15) is 9.18 Å². The lowest BCUT2D eigenvalue weighted by Gasteiger charge is -2.33. The molecular weight excluding hydrogens is 269 g/mol. The molecule has 2 aromatic rings. The van der Waals surface area contributed by atoms with Crippen molar-refractivity contribution in [1.82, 2.24) is 0 Å². The number of halogens is 1. The van der Waals surface area contributed by atoms with Gasteiger partial charge in [-0.1, -0.05) is 18.2 Å². The Kier molecular flexibility index (Phi) is 3.37. The highest BCUT2D eigenvalue weighted by Gasteiger charge is 2.31. The standard InChI is InChI=1S/C17H16FNO2/c1-11-6-7-16-15(8-11)19(17(20)12(2)21-16)10-13-4-3-5-14(18)9-13/h3-9,12H,10H2,1-2H3/t12-/m0/s1. The zero-order valence-electron chi connectivity index (χ0n) is 12.0. The van der Waals surface area contributed by atoms with Crippen molar-refractivity contribution in [1.29, 1.82) is 0 Å². The third-order valence-electron chi connectivity index (χ3n) is 3.55. The largest absolute Gasteiger partial charge is 0.479 e. The number of carbonyl (C=O) groups excluding carboxylic acids is 1. The molecular formula is C17H16FNO2. The molecule has 0 bridgehead atoms. The van der Waals surface area contributed by atoms with Gasteiger partial charge in [-0.3, -0.25) is 4.79 Å². The number of carbonyl (C=O) groups is 1. The molecule has 0 saturated carbocycles. The molecule has 1 amide bonds. The molecule has 2 aromatic carbocycles. The monoisotopic (exact) mass is 285 g/mol. The molecule has 0 aliphatic carbocycles. The average molecular weight is 285 g/mol. The fraction of sp³-hybridized carbons (Fsp3) is 0.235. The number of fused-ring (bicyclic) bond motifs is 1. The Bertz CT molecular complexity index is 699. The second-order valence-corrected chi connectivity index (χ2v) is 5.29. The van der Waals surface area contributed by atoms with Crippen molar-refractivity contribution in [2.45, 2.75) is 26.5 Å². The van der Waals surface area contributed by atoms with Crippen LogP contribution in [0.3, 0.4) is 0 Å². The van der Waals surface area contributed by atoms with Crippen LogP contribution in [0.15, 0.2) is 42.5 Å². The molecule has 1 aliphatic rings. The van der Waals surface area contributed by atoms with Crippen molar-refractivity contribution < 1.29 is 13.9 Å². The molecule has 3 nitrogen and oxygen atoms in total. The van der Waals surface area contributed by atoms with Gasteiger partial charge in [-0.25, -0.2) is 4.39 Å². The van der Waals surface area contributed by atoms with Crippen molar-refractivity contribution >= 4 is 11.6 Å². The summed E-state index contributed by atoms with van der Waals surface area (Å²) in [6.45, 7) is 4.02. The normalized spacial score (nSPS) is 17.4. The van der Waals surface area contributed by atoms with E-state index in [1.807, 2.05) is 31.2 Å². The molecule has 0 spiro atoms. The first-order chi connectivity index (χ1) is 10.0. The van der Waals surface area contributed by atoms with Crippen LogP contribution in [0, 0.1) is 12.7 Å². The van der Waals surface area contributed by atoms with E-state index in [2.05, 4.69) is 0 Å². The number of amides is 1. The fourth-order valence-corrected chi connectivity index (χ4v) is 2.50. The van der Waals surface area contributed by atoms with E-state index in [0.717, 1.165) is 16.8 Å². The average Bonchev–Trinajstić information content (AvgIpc) is 2.45. The molecule has 4 heteroatoms. The van der Waals surface area contributed by atoms with E-state index >= 15 is 0 Å². The lowest BCUT2D eigenvalue weighted by Crippen LogP contribution is -2.44. The zero-order valence-corrected chi connectivity index (χ0v) is 12.0. The Morgan fingerprint density at radius 1 is 1.24 bits per heavy atom. The van der Waals surface area contributed by atoms with E-state index < -0.39 is 6.10 Å². The van der Waals surface area contributed by atoms with Gasteiger partial charge < -0.3 is 9.64 Å². The number of ether oxygens (including phenoxy) is 1. The Hall–Kier alpha value is -2.36. The number of rotatable bonds is 2. The quantitative estimate of drug-likeness (QED) is 0.846. The minimum Gasteiger partial charge on any atom is -0.479 e. The van der Waals surface area contributed by atoms with E-state index in [1.165, 1.54) is 12.1 Å². The van der Waals surface area contributed by atoms with Crippen LogP contribution in [0.1, 0.15) is 18.1 Å². The van der Waals surface area contributed by atoms with Gasteiger partial charge in [0.2, 0.25) is 0 Å². The molecule has 1 heterocycles. The van der Waals surface area contributed by atoms with Gasteiger partial charge in [0.15, 0.2) is 6.10 Å². The van der Waals surface area contributed by atoms with E-state index in [-0.39, 0.29) is 11.7 Å². The van der Waals surface area contributed by atoms with Crippen LogP contribution in [-0.2, 0) is 11.3 Å². The van der Waals surface area contributed by atoms with Crippen molar-refractivity contribution in [3.63, 3.8) is 0 Å². The van der Waals surface area contributed by atoms with Crippen LogP contribution in [0.4, 0.5) is 10.1 Å². The number of aryl methyl sites for hydroxylation is 1. The molecule has 3 rings (SSSR count). The van der Waals surface area contributed by atoms with Gasteiger partial charge in [-0.2, -0.15) is 0 Å². The molecule has 1 aliphatic heterocycles. The predicted molar refractivity (Wildman–Crippen MR) is 78.9 cm³/mol. The molecule has 0 aromatic heterocycles. The highest BCUT2D eigenvalue weighted by Crippen LogP contribution is 2.35. The van der Waals surface area contributed by atoms with Crippen molar-refractivity contribution in [2.24, 2.45) is 0 Å². The number of hydrogen-bond donors (Lipinski definition) is 0. The van der Waals surface area contributed by atoms with Gasteiger partial charge in [-0.15, -0.1) is 0 Å². The van der Waals surface area contributed by atoms with Crippen LogP contribution >= 0.6 is 0 Å². The van der Waals surface area contributed by atoms with Crippen LogP contribution in [0.5, 0.6) is 5.75 Å². The van der Waals surface area contributed by atoms with Gasteiger partial charge in [0.05, 0.1) is 12.2 Å². The highest BCUT2D eigenvalue weighted by molar-refractivity contribution is 5.99. The maximum atomic E-state index is 13.3. The van der Waals surface area contributed by atoms with Crippen molar-refractivity contribution in [2.75, 3.05) is 4.90 Å². The van der Waals surface area contributed by atoms with Gasteiger partial charge in [0, 0.05) is 0 Å². The van der Waals surface area contributed by atoms with E-state index in [4.69, 9.17) is 4.74 Å². The van der Waals surface area contributed by atoms with E-state index in [1.54, 1.807) is 17.9 Å². The maximum Gasteiger partial charge on any atom is 0.268 e. The van der Waals surface area contributed by atoms with Crippen LogP contribution in [0.25, 0.3) is 0 Å². The predicted octanol–water partition coefficient (Wildman–Crippen LogP) is 3.45. The Balaban J connectivity index is 2.00. The first kappa shape index (κ1) is 13.6. The number of benzene rings is 2. The third-order valence-corrected chi connectivity index (χ3v) is 3.55. The van der Waals surface area contributed by atoms with Gasteiger partial charge in [-0.05, 0) is 49.2 Å². The smallest absolute Gasteiger partial charge is 0.268 e. The summed E-state index contributed by atoms with van der Waals surface area (Å²) in [5.41, 5.74) is 2.54. The summed E-state index contributed by atoms with van der Waals surface area (Å²) in [6.07, 6.45) is -0.534. The first-order valence-corrected chi connectivity index (χ1v) is 6.88. The lowest BCUT2D eigenvalue weighted by atomic mass is 10.1. The zero-order chi connectivity index (χ0) is 15.0. The summed E-state index contributed by atoms with van der Waals surface area (Å²) in [4.78, 5) is 14.1. The van der Waals surface area contributed by atoms with E-state index in [0.29, 0.717) is 12.3 Å². The second-order valence-electron chi connectivity index (χ2n) is 5.29. The number of anilines is 1. The summed E-state index contributed by atoms with van der Waals surface area (Å²) in [6, 6.07) is 12.0. The van der Waals surface area contributed by atoms with Crippen LogP contribution < -0.4 is 9.64 Å². The Morgan fingerprint density at radius 2 is 2.05 bits per heavy atom. The molecule has 0 N–H and O–H groups in total. The van der Waals surface area contributed by atoms with Crippen LogP contribution in [-0.4, -0.2) is 12.0 Å². The van der Waals surface area contributed by atoms with Crippen molar-refractivity contribution in [3.8, 4) is 5.75 Å². The molecule has 0 saturated heterocycles. The molecule has 0 radical (unpaired) electrons. The minimum atomic E-state index is -0.534. The minimum absolute atomic E-state index is 0.114. The Labute approximate surface area is 123 Å². The number of hydrogen-bond acceptors (Lipinski definition) is 2. The molecule has 1 atom stereocenters. The first-order valence-electron chi connectivity index (χ1n) is 6.88. The summed E-state index contributed by atoms with van der Waals surface area (Å²) in [7, 11) is 0. The summed E-state index contributed by atoms with van der Waals surface area (Å²) < 4.78 is 19.0. The van der Waals surface area contributed by atoms with Crippen LogP contribution in [0.2, 0.25) is 0 Å². The fourth-order valence-electron chi connectivity index (χ4n) is 2.50. The van der Waals surface area contributed by atoms with Gasteiger partial charge in [0.25, 0.3) is 5.91 Å². The third kappa shape index (κ3) is 2.61. The van der Waals surface area contributed by atoms with Gasteiger partial charge in [0.1, 0.15) is 11.6 Å². The highest BCUT2D eigenvalue weighted by atomic mass is 19.1. The SMILES string of the molecule is Cc1ccc2c(c1)N(Cc1cccc(F)c1)C(=O)[C@H](C)O2. The lowest BCUT2D eigenvalue weighted by molar-refractivity contribution is -0.125. The van der Waals surface area contributed by atoms with Crippen molar-refractivity contribution in [3.05, 3.63) is 59.4 Å². The second kappa shape index (κ2) is 5.20. The summed E-state index contributed by atoms with van der Waals surface area (Å²) >= 11 is 0. The molecule has 108 valence electrons. The summed E-state index contributed by atoms with van der Waals surface area (Å²) in [5, 5.41) is 0. The molecule has 21 heavy (non-hydrogen) atoms. The molecule has 0 unspecified atom stereocenters. The topological polar surface area (TPSA) is 29.5 Å². The maximum absolute atomic E-state index is 13.3. The number of nitrogens with zero attached hydrogens (tertiary/aromatic N) is 1. The Morgan fingerprint density at radius 3 is 2.81 bits per heavy atom. The summed E-state index contributed by atoms with van der Waals surface area (Å²) in [5.74, 6) is 0.271. The van der Waals surface area contributed by atoms with Gasteiger partial charge >= 0.3 is 0 Å². The molecule has 0 fully saturated rings.